The van der Waals surface area contributed by atoms with Crippen LogP contribution in [0.15, 0.2) is 30.3 Å². The lowest BCUT2D eigenvalue weighted by Gasteiger charge is -2.16. The fourth-order valence-corrected chi connectivity index (χ4v) is 3.59. The molecule has 0 aliphatic carbocycles. The summed E-state index contributed by atoms with van der Waals surface area (Å²) >= 11 is 0. The molecule has 2 aromatic heterocycles. The first-order valence-corrected chi connectivity index (χ1v) is 8.68. The number of hydrogen-bond acceptors (Lipinski definition) is 2. The number of anilines is 1. The molecule has 1 amide bonds. The van der Waals surface area contributed by atoms with Crippen LogP contribution in [0.5, 0.6) is 0 Å². The molecule has 27 heavy (non-hydrogen) atoms. The summed E-state index contributed by atoms with van der Waals surface area (Å²) in [5, 5.41) is 3.48. The number of pyridine rings is 1. The quantitative estimate of drug-likeness (QED) is 0.689. The molecule has 4 nitrogen and oxygen atoms in total. The molecule has 4 rings (SSSR count). The number of nitrogens with zero attached hydrogens (tertiary/aromatic N) is 2. The van der Waals surface area contributed by atoms with E-state index in [4.69, 9.17) is 0 Å². The van der Waals surface area contributed by atoms with Crippen molar-refractivity contribution >= 4 is 22.6 Å². The summed E-state index contributed by atoms with van der Waals surface area (Å²) in [5.41, 5.74) is 3.44. The molecule has 0 saturated heterocycles. The molecule has 0 radical (unpaired) electrons. The maximum atomic E-state index is 13.2. The van der Waals surface area contributed by atoms with Gasteiger partial charge in [0.15, 0.2) is 0 Å². The predicted molar refractivity (Wildman–Crippen MR) is 97.2 cm³/mol. The van der Waals surface area contributed by atoms with Crippen LogP contribution in [0.2, 0.25) is 0 Å². The van der Waals surface area contributed by atoms with Crippen molar-refractivity contribution in [2.24, 2.45) is 0 Å². The third kappa shape index (κ3) is 2.87. The van der Waals surface area contributed by atoms with Crippen molar-refractivity contribution < 1.29 is 18.0 Å². The third-order valence-corrected chi connectivity index (χ3v) is 4.84. The van der Waals surface area contributed by atoms with Gasteiger partial charge in [0, 0.05) is 22.5 Å². The molecule has 1 aliphatic heterocycles. The molecule has 140 valence electrons. The van der Waals surface area contributed by atoms with Crippen LogP contribution >= 0.6 is 0 Å². The highest BCUT2D eigenvalue weighted by Crippen LogP contribution is 2.35. The summed E-state index contributed by atoms with van der Waals surface area (Å²) in [6.45, 7) is 5.85. The SMILES string of the molecule is Cc1cc(-n2c(C(C)C)cc3ccc(C(F)(F)F)nc32)cc2c1NC(=O)C2. The highest BCUT2D eigenvalue weighted by atomic mass is 19.4. The third-order valence-electron chi connectivity index (χ3n) is 4.84. The first-order chi connectivity index (χ1) is 12.6. The number of hydrogen-bond donors (Lipinski definition) is 1. The van der Waals surface area contributed by atoms with Gasteiger partial charge in [0.25, 0.3) is 0 Å². The van der Waals surface area contributed by atoms with E-state index in [1.165, 1.54) is 6.07 Å². The van der Waals surface area contributed by atoms with E-state index in [9.17, 15) is 18.0 Å². The minimum Gasteiger partial charge on any atom is -0.325 e. The lowest BCUT2D eigenvalue weighted by atomic mass is 10.1. The minimum absolute atomic E-state index is 0.0795. The molecule has 1 aliphatic rings. The Morgan fingerprint density at radius 3 is 2.59 bits per heavy atom. The highest BCUT2D eigenvalue weighted by molar-refractivity contribution is 6.00. The number of alkyl halides is 3. The van der Waals surface area contributed by atoms with Crippen LogP contribution in [-0.2, 0) is 17.4 Å². The highest BCUT2D eigenvalue weighted by Gasteiger charge is 2.33. The second kappa shape index (κ2) is 5.84. The van der Waals surface area contributed by atoms with Crippen molar-refractivity contribution in [2.45, 2.75) is 39.3 Å². The molecule has 7 heteroatoms. The van der Waals surface area contributed by atoms with E-state index >= 15 is 0 Å². The number of nitrogens with one attached hydrogen (secondary N) is 1. The van der Waals surface area contributed by atoms with Gasteiger partial charge in [0.1, 0.15) is 11.3 Å². The van der Waals surface area contributed by atoms with Crippen LogP contribution in [0.25, 0.3) is 16.7 Å². The lowest BCUT2D eigenvalue weighted by Crippen LogP contribution is -2.09. The summed E-state index contributed by atoms with van der Waals surface area (Å²) in [6.07, 6.45) is -4.24. The fraction of sp³-hybridized carbons (Fsp3) is 0.300. The van der Waals surface area contributed by atoms with E-state index in [2.05, 4.69) is 10.3 Å². The van der Waals surface area contributed by atoms with Crippen LogP contribution < -0.4 is 5.32 Å². The Kier molecular flexibility index (Phi) is 3.80. The van der Waals surface area contributed by atoms with Crippen molar-refractivity contribution in [1.29, 1.82) is 0 Å². The minimum atomic E-state index is -4.51. The number of amides is 1. The Balaban J connectivity index is 2.00. The van der Waals surface area contributed by atoms with Gasteiger partial charge >= 0.3 is 6.18 Å². The molecule has 0 saturated carbocycles. The molecule has 0 spiro atoms. The number of halogens is 3. The Morgan fingerprint density at radius 2 is 1.93 bits per heavy atom. The van der Waals surface area contributed by atoms with E-state index in [1.807, 2.05) is 39.0 Å². The molecule has 0 unspecified atom stereocenters. The molecule has 3 heterocycles. The molecule has 1 N–H and O–H groups in total. The molecule has 1 aromatic carbocycles. The largest absolute Gasteiger partial charge is 0.433 e. The number of aromatic nitrogens is 2. The number of aryl methyl sites for hydroxylation is 1. The number of benzene rings is 1. The summed E-state index contributed by atoms with van der Waals surface area (Å²) < 4.78 is 41.3. The van der Waals surface area contributed by atoms with E-state index in [-0.39, 0.29) is 23.9 Å². The zero-order valence-corrected chi connectivity index (χ0v) is 15.1. The number of fused-ring (bicyclic) bond motifs is 2. The van der Waals surface area contributed by atoms with Crippen molar-refractivity contribution in [3.8, 4) is 5.69 Å². The average Bonchev–Trinajstić information content (AvgIpc) is 3.13. The molecule has 0 bridgehead atoms. The second-order valence-corrected chi connectivity index (χ2v) is 7.19. The van der Waals surface area contributed by atoms with Gasteiger partial charge in [-0.25, -0.2) is 4.98 Å². The molecule has 0 fully saturated rings. The average molecular weight is 373 g/mol. The fourth-order valence-electron chi connectivity index (χ4n) is 3.59. The van der Waals surface area contributed by atoms with Gasteiger partial charge in [-0.2, -0.15) is 13.2 Å². The molecular weight excluding hydrogens is 355 g/mol. The Morgan fingerprint density at radius 1 is 1.19 bits per heavy atom. The molecule has 0 atom stereocenters. The van der Waals surface area contributed by atoms with Crippen molar-refractivity contribution in [1.82, 2.24) is 9.55 Å². The maximum absolute atomic E-state index is 13.2. The van der Waals surface area contributed by atoms with Gasteiger partial charge in [-0.1, -0.05) is 13.8 Å². The van der Waals surface area contributed by atoms with Crippen molar-refractivity contribution in [3.63, 3.8) is 0 Å². The Hall–Kier alpha value is -2.83. The lowest BCUT2D eigenvalue weighted by molar-refractivity contribution is -0.141. The number of rotatable bonds is 2. The van der Waals surface area contributed by atoms with Crippen LogP contribution in [0, 0.1) is 6.92 Å². The Bertz CT molecular complexity index is 1080. The van der Waals surface area contributed by atoms with Crippen molar-refractivity contribution in [3.05, 3.63) is 52.8 Å². The van der Waals surface area contributed by atoms with E-state index in [0.29, 0.717) is 11.1 Å². The van der Waals surface area contributed by atoms with E-state index in [1.54, 1.807) is 4.57 Å². The van der Waals surface area contributed by atoms with Gasteiger partial charge in [0.05, 0.1) is 6.42 Å². The number of carbonyl (C=O) groups excluding carboxylic acids is 1. The second-order valence-electron chi connectivity index (χ2n) is 7.19. The summed E-state index contributed by atoms with van der Waals surface area (Å²) in [7, 11) is 0. The zero-order chi connectivity index (χ0) is 19.5. The smallest absolute Gasteiger partial charge is 0.325 e. The summed E-state index contributed by atoms with van der Waals surface area (Å²) in [6, 6.07) is 8.07. The van der Waals surface area contributed by atoms with Gasteiger partial charge in [-0.15, -0.1) is 0 Å². The van der Waals surface area contributed by atoms with E-state index in [0.717, 1.165) is 28.6 Å². The molecular formula is C20H18F3N3O. The van der Waals surface area contributed by atoms with Gasteiger partial charge in [-0.3, -0.25) is 9.36 Å². The van der Waals surface area contributed by atoms with Crippen LogP contribution in [0.3, 0.4) is 0 Å². The van der Waals surface area contributed by atoms with Crippen LogP contribution in [0.1, 0.15) is 42.3 Å². The maximum Gasteiger partial charge on any atom is 0.433 e. The predicted octanol–water partition coefficient (Wildman–Crippen LogP) is 4.97. The first-order valence-electron chi connectivity index (χ1n) is 8.68. The monoisotopic (exact) mass is 373 g/mol. The summed E-state index contributed by atoms with van der Waals surface area (Å²) in [5.74, 6) is 0.00559. The van der Waals surface area contributed by atoms with Crippen LogP contribution in [-0.4, -0.2) is 15.5 Å². The standard InChI is InChI=1S/C20H18F3N3O/c1-10(2)15-8-12-4-5-16(20(21,22)23)24-19(12)26(15)14-6-11(3)18-13(7-14)9-17(27)25-18/h4-8,10H,9H2,1-3H3,(H,25,27). The van der Waals surface area contributed by atoms with E-state index < -0.39 is 11.9 Å². The van der Waals surface area contributed by atoms with Gasteiger partial charge in [0.2, 0.25) is 5.91 Å². The van der Waals surface area contributed by atoms with Gasteiger partial charge in [-0.05, 0) is 54.3 Å². The normalized spacial score (nSPS) is 14.1. The zero-order valence-electron chi connectivity index (χ0n) is 15.1. The Labute approximate surface area is 154 Å². The number of carbonyl (C=O) groups is 1. The topological polar surface area (TPSA) is 46.9 Å². The summed E-state index contributed by atoms with van der Waals surface area (Å²) in [4.78, 5) is 15.7. The van der Waals surface area contributed by atoms with Gasteiger partial charge < -0.3 is 5.32 Å². The first kappa shape index (κ1) is 17.6. The molecule has 3 aromatic rings. The van der Waals surface area contributed by atoms with Crippen molar-refractivity contribution in [2.75, 3.05) is 5.32 Å². The van der Waals surface area contributed by atoms with Crippen LogP contribution in [0.4, 0.5) is 18.9 Å².